The van der Waals surface area contributed by atoms with Crippen LogP contribution in [0.3, 0.4) is 0 Å². The number of carbonyl (C=O) groups is 2. The van der Waals surface area contributed by atoms with Crippen molar-refractivity contribution in [2.24, 2.45) is 0 Å². The van der Waals surface area contributed by atoms with E-state index in [1.165, 1.54) is 18.1 Å². The van der Waals surface area contributed by atoms with Gasteiger partial charge < -0.3 is 14.5 Å². The van der Waals surface area contributed by atoms with Crippen molar-refractivity contribution in [2.75, 3.05) is 38.2 Å². The molecule has 0 bridgehead atoms. The first-order chi connectivity index (χ1) is 14.5. The number of piperazine rings is 1. The van der Waals surface area contributed by atoms with Crippen LogP contribution in [0.2, 0.25) is 0 Å². The summed E-state index contributed by atoms with van der Waals surface area (Å²) in [5.41, 5.74) is 4.07. The minimum atomic E-state index is -0.496. The topological polar surface area (TPSA) is 62.7 Å². The lowest BCUT2D eigenvalue weighted by Gasteiger charge is -2.36. The predicted octanol–water partition coefficient (Wildman–Crippen LogP) is 3.60. The molecule has 0 aliphatic carbocycles. The van der Waals surface area contributed by atoms with Crippen molar-refractivity contribution in [3.63, 3.8) is 0 Å². The van der Waals surface area contributed by atoms with Crippen LogP contribution in [0, 0.1) is 13.8 Å². The number of aryl methyl sites for hydroxylation is 2. The molecule has 2 heterocycles. The molecule has 1 saturated heterocycles. The standard InChI is InChI=1S/C24H25N3O3/c1-16-7-6-10-18-17(2)15-21(25-22(16)18)26-11-13-27(14-12-26)23(28)19-8-4-5-9-20(19)24(29)30-3/h4-10,15H,11-14H2,1-3H3. The number of benzene rings is 2. The largest absolute Gasteiger partial charge is 0.465 e. The van der Waals surface area contributed by atoms with Crippen molar-refractivity contribution in [3.05, 3.63) is 70.8 Å². The molecular weight excluding hydrogens is 378 g/mol. The molecule has 0 unspecified atom stereocenters. The van der Waals surface area contributed by atoms with Crippen LogP contribution in [0.4, 0.5) is 5.82 Å². The van der Waals surface area contributed by atoms with Gasteiger partial charge in [0, 0.05) is 31.6 Å². The molecule has 2 aromatic carbocycles. The lowest BCUT2D eigenvalue weighted by molar-refractivity contribution is 0.0589. The lowest BCUT2D eigenvalue weighted by Crippen LogP contribution is -2.49. The maximum atomic E-state index is 13.0. The van der Waals surface area contributed by atoms with Crippen LogP contribution in [0.1, 0.15) is 31.8 Å². The number of nitrogens with zero attached hydrogens (tertiary/aromatic N) is 3. The zero-order valence-electron chi connectivity index (χ0n) is 17.5. The Hall–Kier alpha value is -3.41. The molecule has 154 valence electrons. The number of aromatic nitrogens is 1. The van der Waals surface area contributed by atoms with Gasteiger partial charge in [-0.3, -0.25) is 4.79 Å². The predicted molar refractivity (Wildman–Crippen MR) is 117 cm³/mol. The fraction of sp³-hybridized carbons (Fsp3) is 0.292. The van der Waals surface area contributed by atoms with Crippen LogP contribution < -0.4 is 4.90 Å². The Morgan fingerprint density at radius 2 is 1.60 bits per heavy atom. The maximum Gasteiger partial charge on any atom is 0.338 e. The molecule has 1 aromatic heterocycles. The Morgan fingerprint density at radius 1 is 0.900 bits per heavy atom. The average molecular weight is 403 g/mol. The number of anilines is 1. The number of para-hydroxylation sites is 1. The number of pyridine rings is 1. The zero-order valence-corrected chi connectivity index (χ0v) is 17.5. The monoisotopic (exact) mass is 403 g/mol. The Kier molecular flexibility index (Phi) is 5.40. The van der Waals surface area contributed by atoms with Gasteiger partial charge in [0.1, 0.15) is 5.82 Å². The Labute approximate surface area is 176 Å². The molecule has 0 radical (unpaired) electrons. The van der Waals surface area contributed by atoms with Crippen molar-refractivity contribution in [1.29, 1.82) is 0 Å². The second-order valence-corrected chi connectivity index (χ2v) is 7.58. The fourth-order valence-electron chi connectivity index (χ4n) is 3.97. The van der Waals surface area contributed by atoms with Crippen LogP contribution in [0.5, 0.6) is 0 Å². The van der Waals surface area contributed by atoms with Crippen molar-refractivity contribution in [1.82, 2.24) is 9.88 Å². The van der Waals surface area contributed by atoms with Gasteiger partial charge in [0.2, 0.25) is 0 Å². The minimum Gasteiger partial charge on any atom is -0.465 e. The van der Waals surface area contributed by atoms with Crippen molar-refractivity contribution in [3.8, 4) is 0 Å². The third-order valence-electron chi connectivity index (χ3n) is 5.69. The highest BCUT2D eigenvalue weighted by molar-refractivity contribution is 6.05. The number of fused-ring (bicyclic) bond motifs is 1. The van der Waals surface area contributed by atoms with Crippen molar-refractivity contribution < 1.29 is 14.3 Å². The summed E-state index contributed by atoms with van der Waals surface area (Å²) >= 11 is 0. The second kappa shape index (κ2) is 8.14. The maximum absolute atomic E-state index is 13.0. The molecule has 0 spiro atoms. The van der Waals surface area contributed by atoms with Crippen LogP contribution in [0.25, 0.3) is 10.9 Å². The molecule has 3 aromatic rings. The SMILES string of the molecule is COC(=O)c1ccccc1C(=O)N1CCN(c2cc(C)c3cccc(C)c3n2)CC1. The molecule has 6 nitrogen and oxygen atoms in total. The Balaban J connectivity index is 1.52. The van der Waals surface area contributed by atoms with E-state index in [1.807, 2.05) is 0 Å². The van der Waals surface area contributed by atoms with Crippen LogP contribution >= 0.6 is 0 Å². The summed E-state index contributed by atoms with van der Waals surface area (Å²) in [5, 5.41) is 1.17. The molecule has 1 amide bonds. The number of rotatable bonds is 3. The molecule has 1 fully saturated rings. The van der Waals surface area contributed by atoms with Gasteiger partial charge in [-0.2, -0.15) is 0 Å². The minimum absolute atomic E-state index is 0.144. The summed E-state index contributed by atoms with van der Waals surface area (Å²) in [6, 6.07) is 15.2. The summed E-state index contributed by atoms with van der Waals surface area (Å²) in [6.07, 6.45) is 0. The highest BCUT2D eigenvalue weighted by atomic mass is 16.5. The average Bonchev–Trinajstić information content (AvgIpc) is 2.79. The van der Waals surface area contributed by atoms with Crippen LogP contribution in [-0.2, 0) is 4.74 Å². The van der Waals surface area contributed by atoms with Crippen LogP contribution in [-0.4, -0.2) is 55.0 Å². The number of carbonyl (C=O) groups excluding carboxylic acids is 2. The van der Waals surface area contributed by atoms with Crippen LogP contribution in [0.15, 0.2) is 48.5 Å². The molecular formula is C24H25N3O3. The van der Waals surface area contributed by atoms with Gasteiger partial charge in [-0.1, -0.05) is 30.3 Å². The quantitative estimate of drug-likeness (QED) is 0.626. The summed E-state index contributed by atoms with van der Waals surface area (Å²) in [4.78, 5) is 34.0. The lowest BCUT2D eigenvalue weighted by atomic mass is 10.1. The molecule has 4 rings (SSSR count). The molecule has 1 aliphatic rings. The number of hydrogen-bond donors (Lipinski definition) is 0. The highest BCUT2D eigenvalue weighted by Gasteiger charge is 2.26. The second-order valence-electron chi connectivity index (χ2n) is 7.58. The van der Waals surface area contributed by atoms with E-state index >= 15 is 0 Å². The van der Waals surface area contributed by atoms with Gasteiger partial charge >= 0.3 is 5.97 Å². The van der Waals surface area contributed by atoms with Gasteiger partial charge in [0.05, 0.1) is 23.8 Å². The zero-order chi connectivity index (χ0) is 21.3. The van der Waals surface area contributed by atoms with Gasteiger partial charge in [0.25, 0.3) is 5.91 Å². The molecule has 1 aliphatic heterocycles. The van der Waals surface area contributed by atoms with Crippen molar-refractivity contribution in [2.45, 2.75) is 13.8 Å². The number of ether oxygens (including phenoxy) is 1. The van der Waals surface area contributed by atoms with Gasteiger partial charge in [0.15, 0.2) is 0 Å². The fourth-order valence-corrected chi connectivity index (χ4v) is 3.97. The number of esters is 1. The van der Waals surface area contributed by atoms with E-state index < -0.39 is 5.97 Å². The molecule has 6 heteroatoms. The molecule has 0 saturated carbocycles. The summed E-state index contributed by atoms with van der Waals surface area (Å²) < 4.78 is 4.82. The highest BCUT2D eigenvalue weighted by Crippen LogP contribution is 2.25. The van der Waals surface area contributed by atoms with E-state index in [0.29, 0.717) is 37.3 Å². The van der Waals surface area contributed by atoms with Crippen molar-refractivity contribution >= 4 is 28.6 Å². The van der Waals surface area contributed by atoms with E-state index in [0.717, 1.165) is 16.9 Å². The Morgan fingerprint density at radius 3 is 2.30 bits per heavy atom. The first-order valence-electron chi connectivity index (χ1n) is 10.1. The van der Waals surface area contributed by atoms with E-state index in [1.54, 1.807) is 29.2 Å². The van der Waals surface area contributed by atoms with E-state index in [9.17, 15) is 9.59 Å². The third kappa shape index (κ3) is 3.61. The van der Waals surface area contributed by atoms with Gasteiger partial charge in [-0.25, -0.2) is 9.78 Å². The summed E-state index contributed by atoms with van der Waals surface area (Å²) in [7, 11) is 1.32. The number of amides is 1. The normalized spacial score (nSPS) is 14.1. The number of hydrogen-bond acceptors (Lipinski definition) is 5. The smallest absolute Gasteiger partial charge is 0.338 e. The first kappa shape index (κ1) is 19.9. The van der Waals surface area contributed by atoms with Gasteiger partial charge in [-0.15, -0.1) is 0 Å². The Bertz CT molecular complexity index is 1120. The van der Waals surface area contributed by atoms with E-state index in [2.05, 4.69) is 43.0 Å². The molecule has 0 atom stereocenters. The summed E-state index contributed by atoms with van der Waals surface area (Å²) in [6.45, 7) is 6.71. The third-order valence-corrected chi connectivity index (χ3v) is 5.69. The molecule has 0 N–H and O–H groups in total. The van der Waals surface area contributed by atoms with E-state index in [-0.39, 0.29) is 5.91 Å². The first-order valence-corrected chi connectivity index (χ1v) is 10.1. The van der Waals surface area contributed by atoms with E-state index in [4.69, 9.17) is 9.72 Å². The molecule has 30 heavy (non-hydrogen) atoms. The summed E-state index contributed by atoms with van der Waals surface area (Å²) in [5.74, 6) is 0.300. The number of methoxy groups -OCH3 is 1. The van der Waals surface area contributed by atoms with Gasteiger partial charge in [-0.05, 0) is 43.2 Å².